The average Bonchev–Trinajstić information content (AvgIpc) is 3.62. The van der Waals surface area contributed by atoms with Crippen LogP contribution in [0.2, 0.25) is 0 Å². The summed E-state index contributed by atoms with van der Waals surface area (Å²) in [5, 5.41) is 2.30. The molecule has 9 rings (SSSR count). The fourth-order valence-corrected chi connectivity index (χ4v) is 7.96. The van der Waals surface area contributed by atoms with Gasteiger partial charge in [0.25, 0.3) is 0 Å². The van der Waals surface area contributed by atoms with E-state index in [9.17, 15) is 0 Å². The zero-order chi connectivity index (χ0) is 31.5. The van der Waals surface area contributed by atoms with Gasteiger partial charge in [-0.15, -0.1) is 0 Å². The number of hydrogen-bond donors (Lipinski definition) is 0. The van der Waals surface area contributed by atoms with Crippen molar-refractivity contribution in [1.82, 2.24) is 0 Å². The van der Waals surface area contributed by atoms with E-state index in [2.05, 4.69) is 164 Å². The van der Waals surface area contributed by atoms with Crippen LogP contribution in [0.4, 0.5) is 11.4 Å². The molecule has 1 aromatic heterocycles. The summed E-state index contributed by atoms with van der Waals surface area (Å²) in [7, 11) is 0. The van der Waals surface area contributed by atoms with Crippen molar-refractivity contribution in [2.24, 2.45) is 0 Å². The Morgan fingerprint density at radius 1 is 0.574 bits per heavy atom. The summed E-state index contributed by atoms with van der Waals surface area (Å²) in [5.74, 6) is 0. The van der Waals surface area contributed by atoms with Crippen molar-refractivity contribution >= 4 is 38.9 Å². The third-order valence-corrected chi connectivity index (χ3v) is 10.2. The van der Waals surface area contributed by atoms with Gasteiger partial charge in [0, 0.05) is 33.1 Å². The van der Waals surface area contributed by atoms with E-state index in [1.165, 1.54) is 44.8 Å². The molecular formula is C45H35NO. The molecule has 0 bridgehead atoms. The van der Waals surface area contributed by atoms with E-state index < -0.39 is 0 Å². The van der Waals surface area contributed by atoms with Crippen molar-refractivity contribution in [2.75, 3.05) is 4.90 Å². The molecule has 1 heterocycles. The summed E-state index contributed by atoms with van der Waals surface area (Å²) in [6.07, 6.45) is 6.60. The van der Waals surface area contributed by atoms with Crippen LogP contribution in [0.1, 0.15) is 43.4 Å². The monoisotopic (exact) mass is 605 g/mol. The van der Waals surface area contributed by atoms with Crippen LogP contribution in [0.3, 0.4) is 0 Å². The minimum absolute atomic E-state index is 0.140. The average molecular weight is 606 g/mol. The second-order valence-electron chi connectivity index (χ2n) is 13.3. The normalized spacial score (nSPS) is 14.9. The summed E-state index contributed by atoms with van der Waals surface area (Å²) in [6, 6.07) is 50.3. The first kappa shape index (κ1) is 27.7. The van der Waals surface area contributed by atoms with E-state index in [0.29, 0.717) is 0 Å². The first-order chi connectivity index (χ1) is 23.1. The van der Waals surface area contributed by atoms with Gasteiger partial charge < -0.3 is 9.32 Å². The molecule has 0 saturated carbocycles. The Bertz CT molecular complexity index is 2390. The Labute approximate surface area is 275 Å². The second kappa shape index (κ2) is 10.7. The van der Waals surface area contributed by atoms with Crippen LogP contribution >= 0.6 is 0 Å². The Balaban J connectivity index is 1.24. The maximum absolute atomic E-state index is 6.48. The highest BCUT2D eigenvalue weighted by Crippen LogP contribution is 2.54. The van der Waals surface area contributed by atoms with Crippen molar-refractivity contribution < 1.29 is 4.42 Å². The molecule has 0 atom stereocenters. The minimum Gasteiger partial charge on any atom is -0.455 e. The van der Waals surface area contributed by atoms with Crippen LogP contribution in [0.5, 0.6) is 0 Å². The number of nitrogens with zero attached hydrogens (tertiary/aromatic N) is 1. The highest BCUT2D eigenvalue weighted by molar-refractivity contribution is 6.09. The quantitative estimate of drug-likeness (QED) is 0.194. The van der Waals surface area contributed by atoms with E-state index in [1.54, 1.807) is 0 Å². The van der Waals surface area contributed by atoms with Crippen LogP contribution in [0.25, 0.3) is 49.8 Å². The Hall–Kier alpha value is -5.60. The standard InChI is InChI=1S/C45H35NO/c1-45(2)40-22-8-6-17-36(40)38-20-12-23-41(43(38)45)46(33-27-25-31(26-28-33)30-13-4-3-5-14-30)34-16-10-15-32(29-34)35-19-11-21-39-37-18-7-9-24-42(37)47-44(35)39/h3-25,27,29H,26,28H2,1-2H3. The van der Waals surface area contributed by atoms with Gasteiger partial charge in [-0.1, -0.05) is 135 Å². The molecule has 6 aromatic carbocycles. The van der Waals surface area contributed by atoms with Gasteiger partial charge in [0.2, 0.25) is 0 Å². The van der Waals surface area contributed by atoms with Gasteiger partial charge in [0.15, 0.2) is 0 Å². The van der Waals surface area contributed by atoms with Crippen LogP contribution in [0, 0.1) is 0 Å². The predicted molar refractivity (Wildman–Crippen MR) is 197 cm³/mol. The largest absolute Gasteiger partial charge is 0.455 e. The van der Waals surface area contributed by atoms with Gasteiger partial charge in [0.05, 0.1) is 5.69 Å². The third-order valence-electron chi connectivity index (χ3n) is 10.2. The molecule has 47 heavy (non-hydrogen) atoms. The lowest BCUT2D eigenvalue weighted by Crippen LogP contribution is -2.24. The maximum atomic E-state index is 6.48. The van der Waals surface area contributed by atoms with Gasteiger partial charge in [-0.2, -0.15) is 0 Å². The highest BCUT2D eigenvalue weighted by atomic mass is 16.3. The van der Waals surface area contributed by atoms with E-state index >= 15 is 0 Å². The number of rotatable bonds is 5. The van der Waals surface area contributed by atoms with Crippen molar-refractivity contribution in [2.45, 2.75) is 32.1 Å². The maximum Gasteiger partial charge on any atom is 0.143 e. The predicted octanol–water partition coefficient (Wildman–Crippen LogP) is 12.5. The molecule has 0 N–H and O–H groups in total. The molecule has 0 fully saturated rings. The van der Waals surface area contributed by atoms with E-state index in [0.717, 1.165) is 51.6 Å². The number of fused-ring (bicyclic) bond motifs is 6. The van der Waals surface area contributed by atoms with Crippen molar-refractivity contribution in [3.63, 3.8) is 0 Å². The van der Waals surface area contributed by atoms with Crippen LogP contribution < -0.4 is 4.90 Å². The van der Waals surface area contributed by atoms with Gasteiger partial charge >= 0.3 is 0 Å². The van der Waals surface area contributed by atoms with Crippen molar-refractivity contribution in [3.05, 3.63) is 174 Å². The van der Waals surface area contributed by atoms with Crippen LogP contribution in [-0.4, -0.2) is 0 Å². The first-order valence-electron chi connectivity index (χ1n) is 16.6. The van der Waals surface area contributed by atoms with E-state index in [1.807, 2.05) is 6.07 Å². The fourth-order valence-electron chi connectivity index (χ4n) is 7.96. The summed E-state index contributed by atoms with van der Waals surface area (Å²) < 4.78 is 6.48. The molecule has 0 spiro atoms. The summed E-state index contributed by atoms with van der Waals surface area (Å²) >= 11 is 0. The first-order valence-corrected chi connectivity index (χ1v) is 16.6. The molecule has 0 radical (unpaired) electrons. The highest BCUT2D eigenvalue weighted by Gasteiger charge is 2.39. The molecule has 0 saturated heterocycles. The lowest BCUT2D eigenvalue weighted by atomic mass is 9.81. The smallest absolute Gasteiger partial charge is 0.143 e. The number of anilines is 2. The Morgan fingerprint density at radius 2 is 1.28 bits per heavy atom. The van der Waals surface area contributed by atoms with Crippen molar-refractivity contribution in [3.8, 4) is 22.3 Å². The number of allylic oxidation sites excluding steroid dienone is 4. The van der Waals surface area contributed by atoms with Crippen molar-refractivity contribution in [1.29, 1.82) is 0 Å². The minimum atomic E-state index is -0.140. The molecule has 226 valence electrons. The molecule has 2 nitrogen and oxygen atoms in total. The fraction of sp³-hybridized carbons (Fsp3) is 0.111. The zero-order valence-corrected chi connectivity index (χ0v) is 26.7. The summed E-state index contributed by atoms with van der Waals surface area (Å²) in [6.45, 7) is 4.75. The molecule has 0 aliphatic heterocycles. The number of hydrogen-bond acceptors (Lipinski definition) is 2. The second-order valence-corrected chi connectivity index (χ2v) is 13.3. The van der Waals surface area contributed by atoms with Crippen LogP contribution in [-0.2, 0) is 5.41 Å². The number of para-hydroxylation sites is 2. The molecule has 0 unspecified atom stereocenters. The lowest BCUT2D eigenvalue weighted by Gasteiger charge is -2.34. The SMILES string of the molecule is CC1(C)c2ccccc2-c2cccc(N(C3=CC=C(c4ccccc4)CC3)c3cccc(-c4cccc5c4oc4ccccc45)c3)c21. The topological polar surface area (TPSA) is 16.4 Å². The Morgan fingerprint density at radius 3 is 2.15 bits per heavy atom. The molecule has 0 amide bonds. The van der Waals surface area contributed by atoms with Gasteiger partial charge in [-0.3, -0.25) is 0 Å². The van der Waals surface area contributed by atoms with Gasteiger partial charge in [0.1, 0.15) is 11.2 Å². The van der Waals surface area contributed by atoms with E-state index in [4.69, 9.17) is 4.42 Å². The molecule has 2 aliphatic carbocycles. The zero-order valence-electron chi connectivity index (χ0n) is 26.7. The van der Waals surface area contributed by atoms with Gasteiger partial charge in [-0.05, 0) is 82.1 Å². The van der Waals surface area contributed by atoms with E-state index in [-0.39, 0.29) is 5.41 Å². The molecular weight excluding hydrogens is 571 g/mol. The number of benzene rings is 6. The molecule has 7 aromatic rings. The van der Waals surface area contributed by atoms with Crippen LogP contribution in [0.15, 0.2) is 162 Å². The molecule has 2 aliphatic rings. The number of furan rings is 1. The lowest BCUT2D eigenvalue weighted by molar-refractivity contribution is 0.659. The third kappa shape index (κ3) is 4.40. The van der Waals surface area contributed by atoms with Gasteiger partial charge in [-0.25, -0.2) is 0 Å². The summed E-state index contributed by atoms with van der Waals surface area (Å²) in [4.78, 5) is 2.52. The molecule has 2 heteroatoms. The summed E-state index contributed by atoms with van der Waals surface area (Å²) in [5.41, 5.74) is 15.8. The Kier molecular flexibility index (Phi) is 6.33.